The molecule has 0 amide bonds. The molecule has 1 N–H and O–H groups in total. The third-order valence-corrected chi connectivity index (χ3v) is 3.37. The van der Waals surface area contributed by atoms with Gasteiger partial charge in [0.05, 0.1) is 6.42 Å². The maximum Gasteiger partial charge on any atom is 0.304 e. The van der Waals surface area contributed by atoms with Gasteiger partial charge in [-0.05, 0) is 6.07 Å². The number of piperazine rings is 1. The zero-order chi connectivity index (χ0) is 14.5. The second kappa shape index (κ2) is 6.51. The molecule has 7 nitrogen and oxygen atoms in total. The Morgan fingerprint density at radius 1 is 1.35 bits per heavy atom. The summed E-state index contributed by atoms with van der Waals surface area (Å²) in [5.41, 5.74) is 0. The van der Waals surface area contributed by atoms with Crippen molar-refractivity contribution in [3.8, 4) is 0 Å². The number of carboxylic acids is 1. The number of hydrogen-bond donors (Lipinski definition) is 1. The van der Waals surface area contributed by atoms with E-state index in [1.807, 2.05) is 25.1 Å². The van der Waals surface area contributed by atoms with E-state index in [0.29, 0.717) is 12.5 Å². The smallest absolute Gasteiger partial charge is 0.304 e. The van der Waals surface area contributed by atoms with Gasteiger partial charge in [-0.2, -0.15) is 4.98 Å². The Bertz CT molecular complexity index is 458. The number of hydrogen-bond acceptors (Lipinski definition) is 6. The van der Waals surface area contributed by atoms with Crippen molar-refractivity contribution in [1.82, 2.24) is 14.9 Å². The molecule has 1 saturated heterocycles. The molecule has 7 heteroatoms. The molecule has 2 rings (SSSR count). The van der Waals surface area contributed by atoms with E-state index in [1.54, 1.807) is 6.20 Å². The predicted molar refractivity (Wildman–Crippen MR) is 77.3 cm³/mol. The average molecular weight is 279 g/mol. The molecule has 1 aliphatic heterocycles. The molecule has 0 spiro atoms. The van der Waals surface area contributed by atoms with E-state index >= 15 is 0 Å². The molecular weight excluding hydrogens is 258 g/mol. The van der Waals surface area contributed by atoms with Gasteiger partial charge in [0.2, 0.25) is 5.95 Å². The molecule has 1 aromatic heterocycles. The molecule has 1 aromatic rings. The van der Waals surface area contributed by atoms with Crippen molar-refractivity contribution in [2.45, 2.75) is 6.42 Å². The van der Waals surface area contributed by atoms with E-state index in [9.17, 15) is 4.79 Å². The second-order valence-corrected chi connectivity index (χ2v) is 5.08. The Labute approximate surface area is 118 Å². The van der Waals surface area contributed by atoms with Crippen LogP contribution in [0.15, 0.2) is 12.3 Å². The predicted octanol–water partition coefficient (Wildman–Crippen LogP) is 0.139. The van der Waals surface area contributed by atoms with Crippen LogP contribution < -0.4 is 9.80 Å². The monoisotopic (exact) mass is 279 g/mol. The molecule has 20 heavy (non-hydrogen) atoms. The van der Waals surface area contributed by atoms with Crippen molar-refractivity contribution in [2.75, 3.05) is 56.6 Å². The molecule has 1 aliphatic rings. The highest BCUT2D eigenvalue weighted by Crippen LogP contribution is 2.15. The molecule has 0 aliphatic carbocycles. The van der Waals surface area contributed by atoms with Gasteiger partial charge < -0.3 is 14.9 Å². The number of carboxylic acid groups (broad SMARTS) is 1. The normalized spacial score (nSPS) is 16.2. The fourth-order valence-electron chi connectivity index (χ4n) is 2.19. The van der Waals surface area contributed by atoms with E-state index < -0.39 is 5.97 Å². The number of aliphatic carboxylic acids is 1. The van der Waals surface area contributed by atoms with Crippen LogP contribution in [0.5, 0.6) is 0 Å². The molecule has 110 valence electrons. The Morgan fingerprint density at radius 3 is 2.65 bits per heavy atom. The van der Waals surface area contributed by atoms with Gasteiger partial charge in [-0.1, -0.05) is 0 Å². The van der Waals surface area contributed by atoms with Crippen molar-refractivity contribution in [3.63, 3.8) is 0 Å². The summed E-state index contributed by atoms with van der Waals surface area (Å²) in [7, 11) is 3.84. The van der Waals surface area contributed by atoms with Crippen LogP contribution in [-0.2, 0) is 4.79 Å². The number of anilines is 2. The van der Waals surface area contributed by atoms with Gasteiger partial charge in [0.1, 0.15) is 5.82 Å². The zero-order valence-electron chi connectivity index (χ0n) is 12.0. The highest BCUT2D eigenvalue weighted by atomic mass is 16.4. The summed E-state index contributed by atoms with van der Waals surface area (Å²) in [5, 5.41) is 8.70. The summed E-state index contributed by atoms with van der Waals surface area (Å²) in [6.07, 6.45) is 1.98. The first kappa shape index (κ1) is 14.5. The van der Waals surface area contributed by atoms with Crippen molar-refractivity contribution in [2.24, 2.45) is 0 Å². The first-order valence-electron chi connectivity index (χ1n) is 6.76. The van der Waals surface area contributed by atoms with Crippen LogP contribution in [0.3, 0.4) is 0 Å². The van der Waals surface area contributed by atoms with E-state index in [-0.39, 0.29) is 6.42 Å². The quantitative estimate of drug-likeness (QED) is 0.822. The molecule has 1 fully saturated rings. The molecule has 0 atom stereocenters. The fourth-order valence-corrected chi connectivity index (χ4v) is 2.19. The van der Waals surface area contributed by atoms with Crippen LogP contribution in [0.1, 0.15) is 6.42 Å². The standard InChI is InChI=1S/C13H21N5O2/c1-16(2)13-14-5-3-11(15-13)18-9-7-17(8-10-18)6-4-12(19)20/h3,5H,4,6-10H2,1-2H3,(H,19,20). The van der Waals surface area contributed by atoms with Crippen LogP contribution in [0.4, 0.5) is 11.8 Å². The summed E-state index contributed by atoms with van der Waals surface area (Å²) in [6, 6.07) is 1.92. The first-order chi connectivity index (χ1) is 9.56. The van der Waals surface area contributed by atoms with Crippen molar-refractivity contribution in [1.29, 1.82) is 0 Å². The SMILES string of the molecule is CN(C)c1nccc(N2CCN(CCC(=O)O)CC2)n1. The van der Waals surface area contributed by atoms with Crippen molar-refractivity contribution >= 4 is 17.7 Å². The fraction of sp³-hybridized carbons (Fsp3) is 0.615. The third kappa shape index (κ3) is 3.80. The van der Waals surface area contributed by atoms with Crippen molar-refractivity contribution in [3.05, 3.63) is 12.3 Å². The maximum absolute atomic E-state index is 10.6. The van der Waals surface area contributed by atoms with Crippen LogP contribution in [-0.4, -0.2) is 72.8 Å². The van der Waals surface area contributed by atoms with Gasteiger partial charge in [-0.15, -0.1) is 0 Å². The van der Waals surface area contributed by atoms with Gasteiger partial charge in [0.25, 0.3) is 0 Å². The number of nitrogens with zero attached hydrogens (tertiary/aromatic N) is 5. The lowest BCUT2D eigenvalue weighted by Crippen LogP contribution is -2.47. The van der Waals surface area contributed by atoms with Gasteiger partial charge in [0.15, 0.2) is 0 Å². The lowest BCUT2D eigenvalue weighted by Gasteiger charge is -2.35. The first-order valence-corrected chi connectivity index (χ1v) is 6.76. The summed E-state index contributed by atoms with van der Waals surface area (Å²) in [5.74, 6) is 0.899. The minimum Gasteiger partial charge on any atom is -0.481 e. The van der Waals surface area contributed by atoms with Crippen LogP contribution in [0, 0.1) is 0 Å². The van der Waals surface area contributed by atoms with Gasteiger partial charge >= 0.3 is 5.97 Å². The summed E-state index contributed by atoms with van der Waals surface area (Å²) >= 11 is 0. The molecule has 0 unspecified atom stereocenters. The Hall–Kier alpha value is -1.89. The van der Waals surface area contributed by atoms with Gasteiger partial charge in [0, 0.05) is 53.0 Å². The minimum atomic E-state index is -0.737. The van der Waals surface area contributed by atoms with E-state index in [4.69, 9.17) is 5.11 Å². The van der Waals surface area contributed by atoms with E-state index in [2.05, 4.69) is 19.8 Å². The van der Waals surface area contributed by atoms with Crippen LogP contribution >= 0.6 is 0 Å². The second-order valence-electron chi connectivity index (χ2n) is 5.08. The third-order valence-electron chi connectivity index (χ3n) is 3.37. The van der Waals surface area contributed by atoms with Gasteiger partial charge in [-0.3, -0.25) is 9.69 Å². The largest absolute Gasteiger partial charge is 0.481 e. The maximum atomic E-state index is 10.6. The number of carbonyl (C=O) groups is 1. The Morgan fingerprint density at radius 2 is 2.05 bits per heavy atom. The van der Waals surface area contributed by atoms with Crippen LogP contribution in [0.2, 0.25) is 0 Å². The Kier molecular flexibility index (Phi) is 4.73. The van der Waals surface area contributed by atoms with E-state index in [1.165, 1.54) is 0 Å². The highest BCUT2D eigenvalue weighted by Gasteiger charge is 2.18. The van der Waals surface area contributed by atoms with Crippen molar-refractivity contribution < 1.29 is 9.90 Å². The summed E-state index contributed by atoms with van der Waals surface area (Å²) < 4.78 is 0. The van der Waals surface area contributed by atoms with Gasteiger partial charge in [-0.25, -0.2) is 4.98 Å². The lowest BCUT2D eigenvalue weighted by molar-refractivity contribution is -0.137. The summed E-state index contributed by atoms with van der Waals surface area (Å²) in [6.45, 7) is 4.09. The summed E-state index contributed by atoms with van der Waals surface area (Å²) in [4.78, 5) is 25.6. The lowest BCUT2D eigenvalue weighted by atomic mass is 10.3. The topological polar surface area (TPSA) is 72.8 Å². The van der Waals surface area contributed by atoms with Crippen LogP contribution in [0.25, 0.3) is 0 Å². The molecular formula is C13H21N5O2. The van der Waals surface area contributed by atoms with E-state index in [0.717, 1.165) is 32.0 Å². The number of rotatable bonds is 5. The molecule has 0 aromatic carbocycles. The number of aromatic nitrogens is 2. The molecule has 0 radical (unpaired) electrons. The molecule has 2 heterocycles. The Balaban J connectivity index is 1.90. The average Bonchev–Trinajstić information content (AvgIpc) is 2.46. The minimum absolute atomic E-state index is 0.207. The highest BCUT2D eigenvalue weighted by molar-refractivity contribution is 5.66. The molecule has 0 bridgehead atoms. The molecule has 0 saturated carbocycles. The zero-order valence-corrected chi connectivity index (χ0v) is 12.0.